The fraction of sp³-hybridized carbons (Fsp3) is 1.00. The van der Waals surface area contributed by atoms with Crippen molar-refractivity contribution in [1.82, 2.24) is 5.32 Å². The lowest BCUT2D eigenvalue weighted by Crippen LogP contribution is -2.59. The molecule has 4 bridgehead atoms. The lowest BCUT2D eigenvalue weighted by Gasteiger charge is -2.57. The lowest BCUT2D eigenvalue weighted by atomic mass is 9.53. The SMILES string of the molecule is CC(O)CNC12CC3CC(CC(C3)C1)C2.Cl. The van der Waals surface area contributed by atoms with Gasteiger partial charge in [-0.25, -0.2) is 0 Å². The summed E-state index contributed by atoms with van der Waals surface area (Å²) in [7, 11) is 0. The topological polar surface area (TPSA) is 32.3 Å². The summed E-state index contributed by atoms with van der Waals surface area (Å²) in [5, 5.41) is 13.1. The van der Waals surface area contributed by atoms with E-state index >= 15 is 0 Å². The normalized spacial score (nSPS) is 46.5. The molecule has 0 spiro atoms. The van der Waals surface area contributed by atoms with Gasteiger partial charge in [-0.05, 0) is 63.2 Å². The number of halogens is 1. The first-order chi connectivity index (χ1) is 7.15. The Hall–Kier alpha value is 0.210. The molecule has 0 heterocycles. The highest BCUT2D eigenvalue weighted by molar-refractivity contribution is 5.85. The van der Waals surface area contributed by atoms with Crippen molar-refractivity contribution >= 4 is 12.4 Å². The number of aliphatic hydroxyl groups is 1. The van der Waals surface area contributed by atoms with E-state index in [1.54, 1.807) is 0 Å². The maximum atomic E-state index is 9.39. The van der Waals surface area contributed by atoms with Gasteiger partial charge >= 0.3 is 0 Å². The third-order valence-corrected chi connectivity index (χ3v) is 4.81. The van der Waals surface area contributed by atoms with Crippen molar-refractivity contribution in [2.24, 2.45) is 17.8 Å². The predicted octanol–water partition coefficient (Wildman–Crippen LogP) is 2.35. The number of hydrogen-bond acceptors (Lipinski definition) is 2. The highest BCUT2D eigenvalue weighted by Gasteiger charge is 2.50. The highest BCUT2D eigenvalue weighted by Crippen LogP contribution is 2.55. The number of hydrogen-bond donors (Lipinski definition) is 2. The Morgan fingerprint density at radius 3 is 1.94 bits per heavy atom. The Morgan fingerprint density at radius 2 is 1.56 bits per heavy atom. The Kier molecular flexibility index (Phi) is 3.54. The minimum absolute atomic E-state index is 0. The van der Waals surface area contributed by atoms with E-state index in [0.717, 1.165) is 24.3 Å². The first-order valence-corrected chi connectivity index (χ1v) is 6.58. The van der Waals surface area contributed by atoms with Gasteiger partial charge in [0.05, 0.1) is 6.10 Å². The summed E-state index contributed by atoms with van der Waals surface area (Å²) >= 11 is 0. The largest absolute Gasteiger partial charge is 0.392 e. The number of nitrogens with one attached hydrogen (secondary N) is 1. The molecule has 0 aromatic rings. The van der Waals surface area contributed by atoms with Gasteiger partial charge in [-0.2, -0.15) is 0 Å². The van der Waals surface area contributed by atoms with Crippen LogP contribution in [-0.4, -0.2) is 23.3 Å². The molecule has 4 saturated carbocycles. The smallest absolute Gasteiger partial charge is 0.0636 e. The minimum atomic E-state index is -0.196. The van der Waals surface area contributed by atoms with Gasteiger partial charge < -0.3 is 10.4 Å². The van der Waals surface area contributed by atoms with Crippen molar-refractivity contribution in [3.05, 3.63) is 0 Å². The fourth-order valence-corrected chi connectivity index (χ4v) is 4.69. The zero-order valence-electron chi connectivity index (χ0n) is 10.1. The molecule has 0 radical (unpaired) electrons. The molecule has 2 N–H and O–H groups in total. The molecule has 0 aromatic carbocycles. The summed E-state index contributed by atoms with van der Waals surface area (Å²) in [5.74, 6) is 2.99. The molecule has 0 aromatic heterocycles. The second-order valence-corrected chi connectivity index (χ2v) is 6.43. The predicted molar refractivity (Wildman–Crippen MR) is 67.8 cm³/mol. The van der Waals surface area contributed by atoms with Crippen LogP contribution in [0.4, 0.5) is 0 Å². The Bertz CT molecular complexity index is 219. The summed E-state index contributed by atoms with van der Waals surface area (Å²) in [6, 6.07) is 0. The second kappa shape index (κ2) is 4.47. The van der Waals surface area contributed by atoms with Crippen molar-refractivity contribution < 1.29 is 5.11 Å². The van der Waals surface area contributed by atoms with E-state index in [1.165, 1.54) is 38.5 Å². The molecule has 4 aliphatic carbocycles. The number of aliphatic hydroxyl groups excluding tert-OH is 1. The van der Waals surface area contributed by atoms with E-state index < -0.39 is 0 Å². The molecule has 4 fully saturated rings. The molecule has 0 amide bonds. The van der Waals surface area contributed by atoms with E-state index in [-0.39, 0.29) is 18.5 Å². The van der Waals surface area contributed by atoms with Crippen LogP contribution >= 0.6 is 12.4 Å². The molecular weight excluding hydrogens is 222 g/mol. The van der Waals surface area contributed by atoms with Gasteiger partial charge in [0.2, 0.25) is 0 Å². The zero-order valence-corrected chi connectivity index (χ0v) is 10.9. The molecule has 1 atom stereocenters. The summed E-state index contributed by atoms with van der Waals surface area (Å²) in [6.07, 6.45) is 8.43. The van der Waals surface area contributed by atoms with Gasteiger partial charge in [-0.1, -0.05) is 0 Å². The van der Waals surface area contributed by atoms with E-state index in [2.05, 4.69) is 5.32 Å². The number of β-amino-alcohol motifs (C(OH)–C–C–N with tert-alkyl or cyclic N) is 1. The summed E-state index contributed by atoms with van der Waals surface area (Å²) in [6.45, 7) is 2.67. The van der Waals surface area contributed by atoms with Crippen LogP contribution in [0.25, 0.3) is 0 Å². The van der Waals surface area contributed by atoms with Crippen molar-refractivity contribution in [3.63, 3.8) is 0 Å². The third-order valence-electron chi connectivity index (χ3n) is 4.81. The van der Waals surface area contributed by atoms with Crippen molar-refractivity contribution in [1.29, 1.82) is 0 Å². The standard InChI is InChI=1S/C13H23NO.ClH/c1-9(15)8-14-13-5-10-2-11(6-13)4-12(3-10)7-13;/h9-12,14-15H,2-8H2,1H3;1H. The van der Waals surface area contributed by atoms with Gasteiger partial charge in [0.15, 0.2) is 0 Å². The number of rotatable bonds is 3. The highest BCUT2D eigenvalue weighted by atomic mass is 35.5. The van der Waals surface area contributed by atoms with Crippen LogP contribution in [-0.2, 0) is 0 Å². The molecule has 16 heavy (non-hydrogen) atoms. The van der Waals surface area contributed by atoms with Crippen LogP contribution in [0, 0.1) is 17.8 Å². The third kappa shape index (κ3) is 2.25. The Morgan fingerprint density at radius 1 is 1.12 bits per heavy atom. The average molecular weight is 246 g/mol. The van der Waals surface area contributed by atoms with Crippen LogP contribution in [0.5, 0.6) is 0 Å². The molecule has 0 saturated heterocycles. The van der Waals surface area contributed by atoms with Gasteiger partial charge in [-0.15, -0.1) is 12.4 Å². The average Bonchev–Trinajstić information content (AvgIpc) is 2.12. The van der Waals surface area contributed by atoms with Crippen LogP contribution in [0.1, 0.15) is 45.4 Å². The van der Waals surface area contributed by atoms with Gasteiger partial charge in [-0.3, -0.25) is 0 Å². The molecule has 2 nitrogen and oxygen atoms in total. The summed E-state index contributed by atoms with van der Waals surface area (Å²) < 4.78 is 0. The first kappa shape index (κ1) is 12.7. The maximum absolute atomic E-state index is 9.39. The lowest BCUT2D eigenvalue weighted by molar-refractivity contribution is -0.0239. The van der Waals surface area contributed by atoms with Crippen molar-refractivity contribution in [3.8, 4) is 0 Å². The van der Waals surface area contributed by atoms with Crippen molar-refractivity contribution in [2.75, 3.05) is 6.54 Å². The van der Waals surface area contributed by atoms with E-state index in [0.29, 0.717) is 5.54 Å². The van der Waals surface area contributed by atoms with Gasteiger partial charge in [0.25, 0.3) is 0 Å². The van der Waals surface area contributed by atoms with Gasteiger partial charge in [0.1, 0.15) is 0 Å². The van der Waals surface area contributed by atoms with Crippen LogP contribution < -0.4 is 5.32 Å². The van der Waals surface area contributed by atoms with E-state index in [1.807, 2.05) is 6.92 Å². The molecule has 4 rings (SSSR count). The van der Waals surface area contributed by atoms with Crippen LogP contribution in [0.3, 0.4) is 0 Å². The Labute approximate surface area is 105 Å². The maximum Gasteiger partial charge on any atom is 0.0636 e. The van der Waals surface area contributed by atoms with Crippen molar-refractivity contribution in [2.45, 2.75) is 57.1 Å². The molecular formula is C13H24ClNO. The minimum Gasteiger partial charge on any atom is -0.392 e. The molecule has 3 heteroatoms. The summed E-state index contributed by atoms with van der Waals surface area (Å²) in [5.41, 5.74) is 0.422. The van der Waals surface area contributed by atoms with Crippen LogP contribution in [0.15, 0.2) is 0 Å². The molecule has 0 aliphatic heterocycles. The Balaban J connectivity index is 0.000000963. The van der Waals surface area contributed by atoms with E-state index in [9.17, 15) is 5.11 Å². The molecule has 94 valence electrons. The molecule has 1 unspecified atom stereocenters. The van der Waals surface area contributed by atoms with Crippen LogP contribution in [0.2, 0.25) is 0 Å². The molecule has 4 aliphatic rings. The zero-order chi connectivity index (χ0) is 10.5. The second-order valence-electron chi connectivity index (χ2n) is 6.43. The van der Waals surface area contributed by atoms with E-state index in [4.69, 9.17) is 0 Å². The first-order valence-electron chi connectivity index (χ1n) is 6.58. The monoisotopic (exact) mass is 245 g/mol. The summed E-state index contributed by atoms with van der Waals surface area (Å²) in [4.78, 5) is 0. The quantitative estimate of drug-likeness (QED) is 0.800. The fourth-order valence-electron chi connectivity index (χ4n) is 4.69. The van der Waals surface area contributed by atoms with Gasteiger partial charge in [0, 0.05) is 12.1 Å².